The van der Waals surface area contributed by atoms with E-state index in [1.807, 2.05) is 5.92 Å². The summed E-state index contributed by atoms with van der Waals surface area (Å²) in [4.78, 5) is 10.8. The number of hydrogen-bond donors (Lipinski definition) is 0. The molecule has 0 fully saturated rings. The molecule has 2 nitrogen and oxygen atoms in total. The second-order valence-electron chi connectivity index (χ2n) is 1.15. The molecule has 0 bridgehead atoms. The van der Waals surface area contributed by atoms with Crippen molar-refractivity contribution in [2.75, 3.05) is 6.56 Å². The van der Waals surface area contributed by atoms with Gasteiger partial charge in [-0.25, -0.2) is 4.79 Å². The van der Waals surface area contributed by atoms with Crippen LogP contribution >= 0.6 is 0 Å². The molecule has 50 valence electrons. The maximum atomic E-state index is 10.8. The van der Waals surface area contributed by atoms with E-state index in [4.69, 9.17) is 6.85 Å². The van der Waals surface area contributed by atoms with Gasteiger partial charge in [0.1, 0.15) is 0 Å². The molecule has 2 heteroatoms. The van der Waals surface area contributed by atoms with Crippen molar-refractivity contribution in [1.82, 2.24) is 0 Å². The Morgan fingerprint density at radius 1 is 2.00 bits per heavy atom. The largest absolute Gasteiger partial charge is 0.456 e. The number of ether oxygens (including phenoxy) is 1. The van der Waals surface area contributed by atoms with Gasteiger partial charge in [0.15, 0.2) is 0 Å². The Labute approximate surface area is 62.2 Å². The van der Waals surface area contributed by atoms with Crippen LogP contribution in [-0.4, -0.2) is 12.5 Å². The van der Waals surface area contributed by atoms with E-state index in [0.717, 1.165) is 0 Å². The Morgan fingerprint density at radius 3 is 3.33 bits per heavy atom. The molecule has 0 aromatic heterocycles. The molecule has 0 rings (SSSR count). The Balaban J connectivity index is 4.45. The quantitative estimate of drug-likeness (QED) is 0.301. The summed E-state index contributed by atoms with van der Waals surface area (Å²) < 4.78 is 38.2. The van der Waals surface area contributed by atoms with Crippen LogP contribution in [0.2, 0.25) is 0 Å². The molecule has 0 amide bonds. The van der Waals surface area contributed by atoms with Gasteiger partial charge in [-0.2, -0.15) is 0 Å². The van der Waals surface area contributed by atoms with Gasteiger partial charge in [-0.3, -0.25) is 0 Å². The Morgan fingerprint density at radius 2 is 2.78 bits per heavy atom. The van der Waals surface area contributed by atoms with E-state index < -0.39 is 19.4 Å². The molecule has 0 saturated heterocycles. The van der Waals surface area contributed by atoms with Crippen molar-refractivity contribution >= 4 is 5.97 Å². The molecule has 9 heavy (non-hydrogen) atoms. The SMILES string of the molecule is [2H]C([2H])([2H])C([2H])([2H])OC(=O)C#CCC. The molecule has 0 aliphatic rings. The van der Waals surface area contributed by atoms with Crippen LogP contribution in [0.1, 0.15) is 27.1 Å². The van der Waals surface area contributed by atoms with E-state index in [2.05, 4.69) is 10.7 Å². The Bertz CT molecular complexity index is 270. The van der Waals surface area contributed by atoms with Gasteiger partial charge >= 0.3 is 5.97 Å². The lowest BCUT2D eigenvalue weighted by molar-refractivity contribution is -0.136. The highest BCUT2D eigenvalue weighted by Gasteiger charge is 1.89. The van der Waals surface area contributed by atoms with Crippen molar-refractivity contribution in [3.63, 3.8) is 0 Å². The van der Waals surface area contributed by atoms with E-state index in [1.165, 1.54) is 0 Å². The first-order valence-electron chi connectivity index (χ1n) is 4.92. The van der Waals surface area contributed by atoms with E-state index in [-0.39, 0.29) is 0 Å². The molecule has 0 saturated carbocycles. The topological polar surface area (TPSA) is 26.3 Å². The summed E-state index contributed by atoms with van der Waals surface area (Å²) in [6, 6.07) is 0. The molecule has 0 atom stereocenters. The minimum atomic E-state index is -3.00. The molecule has 0 spiro atoms. The van der Waals surface area contributed by atoms with Crippen LogP contribution in [0.3, 0.4) is 0 Å². The number of rotatable bonds is 1. The second kappa shape index (κ2) is 5.17. The smallest absolute Gasteiger partial charge is 0.384 e. The van der Waals surface area contributed by atoms with Crippen molar-refractivity contribution in [2.45, 2.75) is 20.2 Å². The predicted octanol–water partition coefficient (Wildman–Crippen LogP) is 0.963. The molecule has 0 unspecified atom stereocenters. The molecule has 0 heterocycles. The third-order valence-corrected chi connectivity index (χ3v) is 0.511. The summed E-state index contributed by atoms with van der Waals surface area (Å²) in [5.74, 6) is 3.13. The third kappa shape index (κ3) is 4.89. The lowest BCUT2D eigenvalue weighted by atomic mass is 10.5. The predicted molar refractivity (Wildman–Crippen MR) is 34.7 cm³/mol. The van der Waals surface area contributed by atoms with Crippen molar-refractivity contribution in [1.29, 1.82) is 0 Å². The number of esters is 1. The standard InChI is InChI=1S/C7H10O2/c1-3-5-6-7(8)9-4-2/h3-4H2,1-2H3/i2D3,4D2. The molecular weight excluding hydrogens is 116 g/mol. The number of carbonyl (C=O) groups excluding carboxylic acids is 1. The van der Waals surface area contributed by atoms with Gasteiger partial charge in [0, 0.05) is 16.5 Å². The average molecular weight is 131 g/mol. The first kappa shape index (κ1) is 2.74. The summed E-state index contributed by atoms with van der Waals surface area (Å²) in [5, 5.41) is 0. The molecule has 0 aromatic carbocycles. The van der Waals surface area contributed by atoms with Crippen LogP contribution < -0.4 is 0 Å². The van der Waals surface area contributed by atoms with Gasteiger partial charge < -0.3 is 4.74 Å². The highest BCUT2D eigenvalue weighted by Crippen LogP contribution is 1.74. The molecule has 0 aliphatic heterocycles. The summed E-state index contributed by atoms with van der Waals surface area (Å²) >= 11 is 0. The Hall–Kier alpha value is -0.970. The monoisotopic (exact) mass is 131 g/mol. The first-order chi connectivity index (χ1) is 6.20. The van der Waals surface area contributed by atoms with Crippen LogP contribution in [0.15, 0.2) is 0 Å². The van der Waals surface area contributed by atoms with Crippen molar-refractivity contribution in [2.24, 2.45) is 0 Å². The zero-order chi connectivity index (χ0) is 11.4. The van der Waals surface area contributed by atoms with E-state index in [9.17, 15) is 4.79 Å². The minimum absolute atomic E-state index is 0.409. The normalized spacial score (nSPS) is 18.6. The Kier molecular flexibility index (Phi) is 1.58. The van der Waals surface area contributed by atoms with Gasteiger partial charge in [0.25, 0.3) is 0 Å². The highest BCUT2D eigenvalue weighted by molar-refractivity contribution is 5.88. The summed E-state index contributed by atoms with van der Waals surface area (Å²) in [5.41, 5.74) is 0. The van der Waals surface area contributed by atoms with Crippen molar-refractivity contribution in [3.8, 4) is 11.8 Å². The van der Waals surface area contributed by atoms with Gasteiger partial charge in [0.05, 0.1) is 9.30 Å². The maximum Gasteiger partial charge on any atom is 0.384 e. The zero-order valence-electron chi connectivity index (χ0n) is 10.0. The van der Waals surface area contributed by atoms with E-state index in [0.29, 0.717) is 6.42 Å². The molecule has 0 N–H and O–H groups in total. The summed E-state index contributed by atoms with van der Waals surface area (Å²) in [7, 11) is 0. The van der Waals surface area contributed by atoms with Gasteiger partial charge in [-0.05, 0) is 6.85 Å². The third-order valence-electron chi connectivity index (χ3n) is 0.511. The van der Waals surface area contributed by atoms with Gasteiger partial charge in [0.2, 0.25) is 0 Å². The molecule has 0 aromatic rings. The highest BCUT2D eigenvalue weighted by atomic mass is 16.5. The van der Waals surface area contributed by atoms with Gasteiger partial charge in [-0.1, -0.05) is 12.8 Å². The van der Waals surface area contributed by atoms with E-state index >= 15 is 0 Å². The molecule has 0 aliphatic carbocycles. The fraction of sp³-hybridized carbons (Fsp3) is 0.571. The molecule has 0 radical (unpaired) electrons. The fourth-order valence-corrected chi connectivity index (χ4v) is 0.232. The fourth-order valence-electron chi connectivity index (χ4n) is 0.232. The van der Waals surface area contributed by atoms with Crippen LogP contribution in [0, 0.1) is 11.8 Å². The minimum Gasteiger partial charge on any atom is -0.456 e. The van der Waals surface area contributed by atoms with Crippen LogP contribution in [0.4, 0.5) is 0 Å². The second-order valence-corrected chi connectivity index (χ2v) is 1.15. The summed E-state index contributed by atoms with van der Waals surface area (Å²) in [6.45, 7) is -4.30. The lowest BCUT2D eigenvalue weighted by Crippen LogP contribution is -1.99. The van der Waals surface area contributed by atoms with Crippen molar-refractivity contribution < 1.29 is 16.4 Å². The zero-order valence-corrected chi connectivity index (χ0v) is 5.02. The van der Waals surface area contributed by atoms with Crippen LogP contribution in [-0.2, 0) is 9.53 Å². The van der Waals surface area contributed by atoms with Crippen molar-refractivity contribution in [3.05, 3.63) is 0 Å². The molecular formula is C7H10O2. The first-order valence-corrected chi connectivity index (χ1v) is 2.42. The van der Waals surface area contributed by atoms with Crippen LogP contribution in [0.5, 0.6) is 0 Å². The van der Waals surface area contributed by atoms with Gasteiger partial charge in [-0.15, -0.1) is 0 Å². The van der Waals surface area contributed by atoms with Crippen LogP contribution in [0.25, 0.3) is 0 Å². The number of carbonyl (C=O) groups is 1. The summed E-state index contributed by atoms with van der Waals surface area (Å²) in [6.07, 6.45) is 0.409. The number of hydrogen-bond acceptors (Lipinski definition) is 2. The average Bonchev–Trinajstić information content (AvgIpc) is 1.97. The maximum absolute atomic E-state index is 10.8. The lowest BCUT2D eigenvalue weighted by Gasteiger charge is -1.89. The van der Waals surface area contributed by atoms with E-state index in [1.54, 1.807) is 6.92 Å².